The lowest BCUT2D eigenvalue weighted by Crippen LogP contribution is -2.33. The van der Waals surface area contributed by atoms with Crippen molar-refractivity contribution in [2.45, 2.75) is 13.3 Å². The summed E-state index contributed by atoms with van der Waals surface area (Å²) in [6.45, 7) is 2.29. The third kappa shape index (κ3) is 2.60. The lowest BCUT2D eigenvalue weighted by molar-refractivity contribution is 0.0517. The van der Waals surface area contributed by atoms with E-state index in [0.29, 0.717) is 24.2 Å². The fraction of sp³-hybridized carbons (Fsp3) is 0.312. The molecule has 7 nitrogen and oxygen atoms in total. The molecule has 1 aliphatic heterocycles. The summed E-state index contributed by atoms with van der Waals surface area (Å²) in [5.41, 5.74) is 1.12. The van der Waals surface area contributed by atoms with E-state index in [4.69, 9.17) is 9.47 Å². The molecule has 2 aromatic rings. The van der Waals surface area contributed by atoms with Crippen LogP contribution in [0.15, 0.2) is 18.2 Å². The van der Waals surface area contributed by atoms with Gasteiger partial charge in [-0.1, -0.05) is 0 Å². The van der Waals surface area contributed by atoms with Gasteiger partial charge in [0, 0.05) is 18.2 Å². The first-order valence-corrected chi connectivity index (χ1v) is 7.48. The fourth-order valence-corrected chi connectivity index (χ4v) is 2.64. The summed E-state index contributed by atoms with van der Waals surface area (Å²) in [4.78, 5) is 24.4. The molecular weight excluding hydrogens is 317 g/mol. The molecule has 8 heteroatoms. The van der Waals surface area contributed by atoms with E-state index in [1.165, 1.54) is 23.9 Å². The zero-order chi connectivity index (χ0) is 17.3. The third-order valence-corrected chi connectivity index (χ3v) is 3.71. The number of amides is 1. The van der Waals surface area contributed by atoms with Gasteiger partial charge in [-0.2, -0.15) is 5.10 Å². The minimum absolute atomic E-state index is 0.0786. The Kier molecular flexibility index (Phi) is 4.20. The number of benzene rings is 1. The van der Waals surface area contributed by atoms with Crippen molar-refractivity contribution in [1.82, 2.24) is 15.1 Å². The summed E-state index contributed by atoms with van der Waals surface area (Å²) < 4.78 is 25.1. The van der Waals surface area contributed by atoms with Gasteiger partial charge in [0.15, 0.2) is 17.3 Å². The molecule has 24 heavy (non-hydrogen) atoms. The summed E-state index contributed by atoms with van der Waals surface area (Å²) in [6, 6.07) is 4.19. The molecule has 0 spiro atoms. The van der Waals surface area contributed by atoms with Gasteiger partial charge < -0.3 is 14.8 Å². The van der Waals surface area contributed by atoms with Crippen LogP contribution in [0.4, 0.5) is 4.39 Å². The molecule has 3 rings (SSSR count). The number of carbonyl (C=O) groups excluding carboxylic acids is 2. The molecule has 0 radical (unpaired) electrons. The minimum Gasteiger partial charge on any atom is -0.494 e. The van der Waals surface area contributed by atoms with Gasteiger partial charge in [-0.25, -0.2) is 13.9 Å². The van der Waals surface area contributed by atoms with Gasteiger partial charge >= 0.3 is 5.97 Å². The zero-order valence-corrected chi connectivity index (χ0v) is 13.3. The van der Waals surface area contributed by atoms with E-state index in [0.717, 1.165) is 0 Å². The predicted molar refractivity (Wildman–Crippen MR) is 82.1 cm³/mol. The van der Waals surface area contributed by atoms with Crippen LogP contribution in [0.2, 0.25) is 0 Å². The highest BCUT2D eigenvalue weighted by Crippen LogP contribution is 2.25. The Bertz CT molecular complexity index is 816. The summed E-state index contributed by atoms with van der Waals surface area (Å²) in [5.74, 6) is -1.48. The van der Waals surface area contributed by atoms with E-state index in [-0.39, 0.29) is 29.7 Å². The van der Waals surface area contributed by atoms with Crippen LogP contribution in [0, 0.1) is 5.82 Å². The highest BCUT2D eigenvalue weighted by atomic mass is 19.1. The molecule has 1 aromatic heterocycles. The smallest absolute Gasteiger partial charge is 0.359 e. The molecule has 1 N–H and O–H groups in total. The maximum atomic E-state index is 14.0. The number of aromatic nitrogens is 2. The Morgan fingerprint density at radius 3 is 2.92 bits per heavy atom. The normalized spacial score (nSPS) is 13.2. The summed E-state index contributed by atoms with van der Waals surface area (Å²) >= 11 is 0. The van der Waals surface area contributed by atoms with Crippen LogP contribution in [-0.4, -0.2) is 41.9 Å². The van der Waals surface area contributed by atoms with Crippen LogP contribution in [0.5, 0.6) is 5.75 Å². The number of halogens is 1. The number of rotatable bonds is 4. The van der Waals surface area contributed by atoms with Crippen LogP contribution in [0.25, 0.3) is 5.69 Å². The van der Waals surface area contributed by atoms with Crippen molar-refractivity contribution >= 4 is 11.9 Å². The van der Waals surface area contributed by atoms with Gasteiger partial charge in [-0.3, -0.25) is 4.79 Å². The van der Waals surface area contributed by atoms with Crippen LogP contribution in [0.3, 0.4) is 0 Å². The lowest BCUT2D eigenvalue weighted by Gasteiger charge is -2.15. The predicted octanol–water partition coefficient (Wildman–Crippen LogP) is 1.48. The second-order valence-corrected chi connectivity index (χ2v) is 5.13. The molecule has 0 unspecified atom stereocenters. The Balaban J connectivity index is 2.16. The number of fused-ring (bicyclic) bond motifs is 1. The maximum absolute atomic E-state index is 14.0. The summed E-state index contributed by atoms with van der Waals surface area (Å²) in [7, 11) is 1.36. The highest BCUT2D eigenvalue weighted by molar-refractivity contribution is 6.00. The summed E-state index contributed by atoms with van der Waals surface area (Å²) in [5, 5.41) is 6.90. The van der Waals surface area contributed by atoms with Crippen molar-refractivity contribution in [3.05, 3.63) is 41.0 Å². The van der Waals surface area contributed by atoms with Crippen LogP contribution >= 0.6 is 0 Å². The molecule has 1 amide bonds. The van der Waals surface area contributed by atoms with E-state index in [9.17, 15) is 14.0 Å². The van der Waals surface area contributed by atoms with Gasteiger partial charge in [0.25, 0.3) is 5.91 Å². The van der Waals surface area contributed by atoms with Crippen molar-refractivity contribution < 1.29 is 23.5 Å². The first kappa shape index (κ1) is 16.0. The topological polar surface area (TPSA) is 82.4 Å². The van der Waals surface area contributed by atoms with E-state index < -0.39 is 11.8 Å². The van der Waals surface area contributed by atoms with Crippen LogP contribution < -0.4 is 10.1 Å². The number of hydrogen-bond acceptors (Lipinski definition) is 5. The van der Waals surface area contributed by atoms with Gasteiger partial charge in [0.05, 0.1) is 19.4 Å². The van der Waals surface area contributed by atoms with Crippen molar-refractivity contribution in [1.29, 1.82) is 0 Å². The molecular formula is C16H16FN3O4. The van der Waals surface area contributed by atoms with Crippen molar-refractivity contribution in [3.8, 4) is 11.4 Å². The second-order valence-electron chi connectivity index (χ2n) is 5.13. The van der Waals surface area contributed by atoms with Crippen LogP contribution in [-0.2, 0) is 11.2 Å². The number of ether oxygens (including phenoxy) is 2. The Hall–Kier alpha value is -2.90. The number of nitrogens with one attached hydrogen (secondary N) is 1. The zero-order valence-electron chi connectivity index (χ0n) is 13.3. The first-order valence-electron chi connectivity index (χ1n) is 7.48. The Labute approximate surface area is 137 Å². The SMILES string of the molecule is CCOC(=O)c1nn(-c2ccc(OC)c(F)c2)c2c1CCNC2=O. The molecule has 0 fully saturated rings. The van der Waals surface area contributed by atoms with E-state index in [2.05, 4.69) is 10.4 Å². The number of nitrogens with zero attached hydrogens (tertiary/aromatic N) is 2. The maximum Gasteiger partial charge on any atom is 0.359 e. The average molecular weight is 333 g/mol. The van der Waals surface area contributed by atoms with Crippen molar-refractivity contribution in [2.75, 3.05) is 20.3 Å². The monoisotopic (exact) mass is 333 g/mol. The van der Waals surface area contributed by atoms with Gasteiger partial charge in [-0.05, 0) is 25.5 Å². The van der Waals surface area contributed by atoms with E-state index in [1.807, 2.05) is 0 Å². The van der Waals surface area contributed by atoms with Crippen molar-refractivity contribution in [2.24, 2.45) is 0 Å². The summed E-state index contributed by atoms with van der Waals surface area (Å²) in [6.07, 6.45) is 0.452. The number of methoxy groups -OCH3 is 1. The molecule has 1 aromatic carbocycles. The number of hydrogen-bond donors (Lipinski definition) is 1. The highest BCUT2D eigenvalue weighted by Gasteiger charge is 2.31. The molecule has 0 saturated heterocycles. The van der Waals surface area contributed by atoms with Gasteiger partial charge in [0.1, 0.15) is 5.69 Å². The first-order chi connectivity index (χ1) is 11.6. The molecule has 0 atom stereocenters. The van der Waals surface area contributed by atoms with Gasteiger partial charge in [-0.15, -0.1) is 0 Å². The Morgan fingerprint density at radius 1 is 1.46 bits per heavy atom. The van der Waals surface area contributed by atoms with Gasteiger partial charge in [0.2, 0.25) is 0 Å². The molecule has 0 bridgehead atoms. The van der Waals surface area contributed by atoms with E-state index in [1.54, 1.807) is 13.0 Å². The molecule has 2 heterocycles. The number of esters is 1. The minimum atomic E-state index is -0.601. The standard InChI is InChI=1S/C16H16FN3O4/c1-3-24-16(22)13-10-6-7-18-15(21)14(10)20(19-13)9-4-5-12(23-2)11(17)8-9/h4-5,8H,3,6-7H2,1-2H3,(H,18,21). The van der Waals surface area contributed by atoms with E-state index >= 15 is 0 Å². The average Bonchev–Trinajstić information content (AvgIpc) is 2.96. The molecule has 0 saturated carbocycles. The molecule has 0 aliphatic carbocycles. The molecule has 126 valence electrons. The number of carbonyl (C=O) groups is 2. The molecule has 1 aliphatic rings. The third-order valence-electron chi connectivity index (χ3n) is 3.71. The Morgan fingerprint density at radius 2 is 2.25 bits per heavy atom. The second kappa shape index (κ2) is 6.31. The van der Waals surface area contributed by atoms with Crippen molar-refractivity contribution in [3.63, 3.8) is 0 Å². The quantitative estimate of drug-likeness (QED) is 0.857. The fourth-order valence-electron chi connectivity index (χ4n) is 2.64. The largest absolute Gasteiger partial charge is 0.494 e. The van der Waals surface area contributed by atoms with Crippen LogP contribution in [0.1, 0.15) is 33.5 Å². The lowest BCUT2D eigenvalue weighted by atomic mass is 10.1.